The van der Waals surface area contributed by atoms with Gasteiger partial charge >= 0.3 is 6.18 Å². The molecule has 0 atom stereocenters. The van der Waals surface area contributed by atoms with Crippen LogP contribution in [0.1, 0.15) is 11.1 Å². The molecule has 0 bridgehead atoms. The van der Waals surface area contributed by atoms with Gasteiger partial charge in [-0.1, -0.05) is 36.4 Å². The summed E-state index contributed by atoms with van der Waals surface area (Å²) in [6, 6.07) is 12.5. The minimum Gasteiger partial charge on any atom is -0.340 e. The van der Waals surface area contributed by atoms with Gasteiger partial charge in [0.1, 0.15) is 6.33 Å². The van der Waals surface area contributed by atoms with E-state index in [2.05, 4.69) is 30.5 Å². The first-order valence-corrected chi connectivity index (χ1v) is 9.91. The Morgan fingerprint density at radius 3 is 2.55 bits per heavy atom. The summed E-state index contributed by atoms with van der Waals surface area (Å²) in [5.74, 6) is 0.977. The number of nitrogens with zero attached hydrogens (tertiary/aromatic N) is 5. The molecule has 166 valence electrons. The maximum atomic E-state index is 13.1. The van der Waals surface area contributed by atoms with E-state index >= 15 is 0 Å². The summed E-state index contributed by atoms with van der Waals surface area (Å²) < 4.78 is 39.3. The predicted molar refractivity (Wildman–Crippen MR) is 114 cm³/mol. The van der Waals surface area contributed by atoms with Gasteiger partial charge in [-0.15, -0.1) is 0 Å². The van der Waals surface area contributed by atoms with Crippen LogP contribution >= 0.6 is 0 Å². The summed E-state index contributed by atoms with van der Waals surface area (Å²) >= 11 is 0. The van der Waals surface area contributed by atoms with Crippen molar-refractivity contribution in [3.8, 4) is 22.6 Å². The first kappa shape index (κ1) is 20.6. The third-order valence-corrected chi connectivity index (χ3v) is 5.14. The quantitative estimate of drug-likeness (QED) is 0.488. The zero-order valence-corrected chi connectivity index (χ0v) is 17.0. The van der Waals surface area contributed by atoms with Gasteiger partial charge in [0.2, 0.25) is 5.91 Å². The second-order valence-corrected chi connectivity index (χ2v) is 7.44. The zero-order valence-electron chi connectivity index (χ0n) is 17.0. The second-order valence-electron chi connectivity index (χ2n) is 7.44. The van der Waals surface area contributed by atoms with Crippen LogP contribution in [0.15, 0.2) is 61.1 Å². The molecule has 0 aliphatic carbocycles. The van der Waals surface area contributed by atoms with Crippen molar-refractivity contribution in [1.29, 1.82) is 0 Å². The summed E-state index contributed by atoms with van der Waals surface area (Å²) in [5, 5.41) is 9.29. The third kappa shape index (κ3) is 4.25. The minimum absolute atomic E-state index is 0.0498. The average Bonchev–Trinajstić information content (AvgIpc) is 3.34. The smallest absolute Gasteiger partial charge is 0.340 e. The number of carbonyl (C=O) groups excluding carboxylic acids is 1. The van der Waals surface area contributed by atoms with E-state index in [1.54, 1.807) is 11.0 Å². The number of carbonyl (C=O) groups is 1. The van der Waals surface area contributed by atoms with Gasteiger partial charge < -0.3 is 10.2 Å². The van der Waals surface area contributed by atoms with Gasteiger partial charge in [-0.05, 0) is 17.7 Å². The van der Waals surface area contributed by atoms with Gasteiger partial charge in [0.25, 0.3) is 0 Å². The van der Waals surface area contributed by atoms with E-state index in [1.165, 1.54) is 18.6 Å². The molecule has 0 radical (unpaired) electrons. The zero-order chi connectivity index (χ0) is 23.0. The largest absolute Gasteiger partial charge is 0.416 e. The summed E-state index contributed by atoms with van der Waals surface area (Å²) in [4.78, 5) is 26.8. The monoisotopic (exact) mass is 451 g/mol. The van der Waals surface area contributed by atoms with Crippen molar-refractivity contribution in [3.05, 3.63) is 72.2 Å². The highest BCUT2D eigenvalue weighted by molar-refractivity contribution is 5.99. The molecular weight excluding hydrogens is 435 g/mol. The van der Waals surface area contributed by atoms with E-state index in [0.717, 1.165) is 23.3 Å². The molecule has 2 N–H and O–H groups in total. The molecule has 0 fully saturated rings. The summed E-state index contributed by atoms with van der Waals surface area (Å²) in [5.41, 5.74) is 1.86. The number of amides is 1. The molecule has 3 heterocycles. The van der Waals surface area contributed by atoms with Gasteiger partial charge in [-0.2, -0.15) is 18.3 Å². The molecule has 5 rings (SSSR count). The highest BCUT2D eigenvalue weighted by Crippen LogP contribution is 2.32. The van der Waals surface area contributed by atoms with Crippen molar-refractivity contribution < 1.29 is 18.0 Å². The van der Waals surface area contributed by atoms with E-state index in [0.29, 0.717) is 22.9 Å². The van der Waals surface area contributed by atoms with Crippen LogP contribution in [0.5, 0.6) is 0 Å². The number of halogens is 3. The van der Waals surface area contributed by atoms with Crippen LogP contribution in [0.3, 0.4) is 0 Å². The SMILES string of the molecule is O=C1CN(Cc2cccc(C(F)(F)F)c2)c2nc(-c3ccc(-c4ncn[nH]4)cc3)cnc2N1. The molecule has 0 saturated carbocycles. The topological polar surface area (TPSA) is 99.7 Å². The normalized spacial score (nSPS) is 13.5. The van der Waals surface area contributed by atoms with Crippen molar-refractivity contribution in [2.24, 2.45) is 0 Å². The van der Waals surface area contributed by atoms with Crippen LogP contribution < -0.4 is 10.2 Å². The summed E-state index contributed by atoms with van der Waals surface area (Å²) in [6.07, 6.45) is -1.49. The van der Waals surface area contributed by atoms with E-state index in [-0.39, 0.29) is 24.8 Å². The molecular formula is C22H16F3N7O. The van der Waals surface area contributed by atoms with Crippen molar-refractivity contribution >= 4 is 17.5 Å². The molecule has 1 amide bonds. The molecule has 2 aromatic carbocycles. The minimum atomic E-state index is -4.45. The number of hydrogen-bond acceptors (Lipinski definition) is 6. The average molecular weight is 451 g/mol. The number of fused-ring (bicyclic) bond motifs is 1. The van der Waals surface area contributed by atoms with Gasteiger partial charge in [0.05, 0.1) is 24.0 Å². The molecule has 4 aromatic rings. The Morgan fingerprint density at radius 2 is 1.82 bits per heavy atom. The Morgan fingerprint density at radius 1 is 1.03 bits per heavy atom. The van der Waals surface area contributed by atoms with Crippen LogP contribution in [0.4, 0.5) is 24.8 Å². The van der Waals surface area contributed by atoms with E-state index in [4.69, 9.17) is 0 Å². The first-order valence-electron chi connectivity index (χ1n) is 9.91. The fourth-order valence-corrected chi connectivity index (χ4v) is 3.59. The highest BCUT2D eigenvalue weighted by Gasteiger charge is 2.31. The van der Waals surface area contributed by atoms with E-state index < -0.39 is 11.7 Å². The molecule has 2 aromatic heterocycles. The number of H-pyrrole nitrogens is 1. The highest BCUT2D eigenvalue weighted by atomic mass is 19.4. The van der Waals surface area contributed by atoms with Gasteiger partial charge in [0, 0.05) is 17.7 Å². The van der Waals surface area contributed by atoms with E-state index in [1.807, 2.05) is 24.3 Å². The maximum Gasteiger partial charge on any atom is 0.416 e. The Bertz CT molecular complexity index is 1300. The summed E-state index contributed by atoms with van der Waals surface area (Å²) in [6.45, 7) is 0.0265. The number of aromatic nitrogens is 5. The van der Waals surface area contributed by atoms with Gasteiger partial charge in [-0.25, -0.2) is 15.0 Å². The number of alkyl halides is 3. The number of nitrogens with one attached hydrogen (secondary N) is 2. The van der Waals surface area contributed by atoms with Crippen LogP contribution in [-0.2, 0) is 17.5 Å². The van der Waals surface area contributed by atoms with Crippen molar-refractivity contribution in [3.63, 3.8) is 0 Å². The molecule has 1 aliphatic heterocycles. The number of hydrogen-bond donors (Lipinski definition) is 2. The van der Waals surface area contributed by atoms with Crippen LogP contribution in [0.25, 0.3) is 22.6 Å². The Kier molecular flexibility index (Phi) is 5.00. The maximum absolute atomic E-state index is 13.1. The lowest BCUT2D eigenvalue weighted by molar-refractivity contribution is -0.137. The van der Waals surface area contributed by atoms with Gasteiger partial charge in [-0.3, -0.25) is 9.89 Å². The number of rotatable bonds is 4. The van der Waals surface area contributed by atoms with Gasteiger partial charge in [0.15, 0.2) is 17.5 Å². The molecule has 11 heteroatoms. The Labute approximate surface area is 185 Å². The number of aromatic amines is 1. The number of anilines is 2. The molecule has 33 heavy (non-hydrogen) atoms. The lowest BCUT2D eigenvalue weighted by Crippen LogP contribution is -2.39. The Hall–Kier alpha value is -4.28. The van der Waals surface area contributed by atoms with Crippen LogP contribution in [0.2, 0.25) is 0 Å². The second kappa shape index (κ2) is 8.01. The molecule has 0 unspecified atom stereocenters. The fraction of sp³-hybridized carbons (Fsp3) is 0.136. The molecule has 0 spiro atoms. The fourth-order valence-electron chi connectivity index (χ4n) is 3.59. The first-order chi connectivity index (χ1) is 15.9. The van der Waals surface area contributed by atoms with Crippen molar-refractivity contribution in [1.82, 2.24) is 25.1 Å². The lowest BCUT2D eigenvalue weighted by Gasteiger charge is -2.29. The molecule has 0 saturated heterocycles. The van der Waals surface area contributed by atoms with Crippen molar-refractivity contribution in [2.45, 2.75) is 12.7 Å². The summed E-state index contributed by atoms with van der Waals surface area (Å²) in [7, 11) is 0. The molecule has 8 nitrogen and oxygen atoms in total. The number of benzene rings is 2. The van der Waals surface area contributed by atoms with Crippen LogP contribution in [-0.4, -0.2) is 37.6 Å². The standard InChI is InChI=1S/C22H16F3N7O/c23-22(24,25)16-3-1-2-13(8-16)10-32-11-18(33)30-20-21(32)29-17(9-26-20)14-4-6-15(7-5-14)19-27-12-28-31-19/h1-9,12H,10-11H2,(H,26,30,33)(H,27,28,31). The van der Waals surface area contributed by atoms with Crippen LogP contribution in [0, 0.1) is 0 Å². The third-order valence-electron chi connectivity index (χ3n) is 5.14. The van der Waals surface area contributed by atoms with E-state index in [9.17, 15) is 18.0 Å². The lowest BCUT2D eigenvalue weighted by atomic mass is 10.1. The molecule has 1 aliphatic rings. The predicted octanol–water partition coefficient (Wildman–Crippen LogP) is 3.91. The Balaban J connectivity index is 1.45. The van der Waals surface area contributed by atoms with Crippen molar-refractivity contribution in [2.75, 3.05) is 16.8 Å².